The topological polar surface area (TPSA) is 64.4 Å². The molecule has 0 spiro atoms. The normalized spacial score (nSPS) is 10.6. The molecule has 0 saturated heterocycles. The number of nitrogens with zero attached hydrogens (tertiary/aromatic N) is 1. The van der Waals surface area contributed by atoms with Crippen LogP contribution in [0.2, 0.25) is 0 Å². The molecule has 1 aromatic carbocycles. The summed E-state index contributed by atoms with van der Waals surface area (Å²) in [6.07, 6.45) is 1.55. The summed E-state index contributed by atoms with van der Waals surface area (Å²) in [5.74, 6) is 0.940. The number of carbonyl (C=O) groups is 1. The fraction of sp³-hybridized carbons (Fsp3) is 0.176. The Kier molecular flexibility index (Phi) is 3.78. The smallest absolute Gasteiger partial charge is 0.255 e. The number of pyridine rings is 1. The van der Waals surface area contributed by atoms with Gasteiger partial charge >= 0.3 is 0 Å². The molecule has 0 aliphatic heterocycles. The van der Waals surface area contributed by atoms with Crippen LogP contribution in [0.25, 0.3) is 11.0 Å². The lowest BCUT2D eigenvalue weighted by Crippen LogP contribution is -2.23. The van der Waals surface area contributed by atoms with E-state index in [2.05, 4.69) is 10.3 Å². The summed E-state index contributed by atoms with van der Waals surface area (Å²) in [4.78, 5) is 16.4. The molecule has 0 saturated carbocycles. The SMILES string of the molecule is COc1cnc(C)cc1C(=O)NCc1cc2ccccc2o1. The van der Waals surface area contributed by atoms with Crippen LogP contribution in [0.3, 0.4) is 0 Å². The first-order chi connectivity index (χ1) is 10.7. The standard InChI is InChI=1S/C17H16N2O3/c1-11-7-14(16(21-2)10-18-11)17(20)19-9-13-8-12-5-3-4-6-15(12)22-13/h3-8,10H,9H2,1-2H3,(H,19,20). The predicted molar refractivity (Wildman–Crippen MR) is 82.9 cm³/mol. The molecule has 0 aliphatic rings. The summed E-state index contributed by atoms with van der Waals surface area (Å²) < 4.78 is 10.9. The minimum Gasteiger partial charge on any atom is -0.494 e. The minimum absolute atomic E-state index is 0.220. The van der Waals surface area contributed by atoms with Crippen molar-refractivity contribution in [3.05, 3.63) is 59.6 Å². The number of nitrogens with one attached hydrogen (secondary N) is 1. The van der Waals surface area contributed by atoms with Gasteiger partial charge in [0.1, 0.15) is 17.1 Å². The minimum atomic E-state index is -0.220. The number of rotatable bonds is 4. The van der Waals surface area contributed by atoms with Gasteiger partial charge in [-0.25, -0.2) is 0 Å². The molecule has 0 aliphatic carbocycles. The van der Waals surface area contributed by atoms with Gasteiger partial charge in [-0.2, -0.15) is 0 Å². The molecular formula is C17H16N2O3. The zero-order valence-electron chi connectivity index (χ0n) is 12.4. The predicted octanol–water partition coefficient (Wildman–Crippen LogP) is 3.07. The molecule has 112 valence electrons. The highest BCUT2D eigenvalue weighted by atomic mass is 16.5. The molecule has 1 amide bonds. The van der Waals surface area contributed by atoms with E-state index in [-0.39, 0.29) is 5.91 Å². The third-order valence-electron chi connectivity index (χ3n) is 3.37. The molecule has 0 unspecified atom stereocenters. The summed E-state index contributed by atoms with van der Waals surface area (Å²) >= 11 is 0. The van der Waals surface area contributed by atoms with Crippen LogP contribution < -0.4 is 10.1 Å². The highest BCUT2D eigenvalue weighted by Gasteiger charge is 2.13. The van der Waals surface area contributed by atoms with Gasteiger partial charge in [-0.15, -0.1) is 0 Å². The molecule has 5 nitrogen and oxygen atoms in total. The molecular weight excluding hydrogens is 280 g/mol. The second kappa shape index (κ2) is 5.89. The molecule has 1 N–H and O–H groups in total. The molecule has 3 rings (SSSR count). The molecule has 0 fully saturated rings. The van der Waals surface area contributed by atoms with Crippen molar-refractivity contribution in [3.63, 3.8) is 0 Å². The average Bonchev–Trinajstić information content (AvgIpc) is 2.95. The van der Waals surface area contributed by atoms with Crippen molar-refractivity contribution in [3.8, 4) is 5.75 Å². The van der Waals surface area contributed by atoms with Gasteiger partial charge in [0.05, 0.1) is 25.4 Å². The molecule has 0 atom stereocenters. The number of carbonyl (C=O) groups excluding carboxylic acids is 1. The van der Waals surface area contributed by atoms with Gasteiger partial charge in [0.25, 0.3) is 5.91 Å². The van der Waals surface area contributed by atoms with Gasteiger partial charge in [-0.3, -0.25) is 9.78 Å². The number of fused-ring (bicyclic) bond motifs is 1. The fourth-order valence-corrected chi connectivity index (χ4v) is 2.27. The van der Waals surface area contributed by atoms with Gasteiger partial charge < -0.3 is 14.5 Å². The first-order valence-corrected chi connectivity index (χ1v) is 6.93. The number of hydrogen-bond acceptors (Lipinski definition) is 4. The lowest BCUT2D eigenvalue weighted by Gasteiger charge is -2.08. The second-order valence-corrected chi connectivity index (χ2v) is 4.96. The summed E-state index contributed by atoms with van der Waals surface area (Å²) in [5.41, 5.74) is 2.03. The number of benzene rings is 1. The number of amides is 1. The monoisotopic (exact) mass is 296 g/mol. The van der Waals surface area contributed by atoms with Crippen LogP contribution in [-0.2, 0) is 6.54 Å². The largest absolute Gasteiger partial charge is 0.494 e. The Bertz CT molecular complexity index is 791. The van der Waals surface area contributed by atoms with E-state index in [1.165, 1.54) is 7.11 Å². The highest BCUT2D eigenvalue weighted by molar-refractivity contribution is 5.96. The highest BCUT2D eigenvalue weighted by Crippen LogP contribution is 2.20. The lowest BCUT2D eigenvalue weighted by molar-refractivity contribution is 0.0945. The van der Waals surface area contributed by atoms with Crippen molar-refractivity contribution < 1.29 is 13.9 Å². The Morgan fingerprint density at radius 1 is 1.32 bits per heavy atom. The van der Waals surface area contributed by atoms with Crippen molar-refractivity contribution in [2.45, 2.75) is 13.5 Å². The van der Waals surface area contributed by atoms with Crippen molar-refractivity contribution in [2.24, 2.45) is 0 Å². The van der Waals surface area contributed by atoms with Gasteiger partial charge in [0, 0.05) is 11.1 Å². The van der Waals surface area contributed by atoms with E-state index >= 15 is 0 Å². The van der Waals surface area contributed by atoms with Crippen LogP contribution >= 0.6 is 0 Å². The van der Waals surface area contributed by atoms with Crippen LogP contribution in [-0.4, -0.2) is 18.0 Å². The van der Waals surface area contributed by atoms with Crippen molar-refractivity contribution in [1.82, 2.24) is 10.3 Å². The summed E-state index contributed by atoms with van der Waals surface area (Å²) in [6.45, 7) is 2.15. The maximum atomic E-state index is 12.3. The maximum absolute atomic E-state index is 12.3. The molecule has 2 heterocycles. The van der Waals surface area contributed by atoms with Crippen LogP contribution in [0.5, 0.6) is 5.75 Å². The first kappa shape index (κ1) is 14.1. The van der Waals surface area contributed by atoms with E-state index < -0.39 is 0 Å². The number of hydrogen-bond donors (Lipinski definition) is 1. The Morgan fingerprint density at radius 3 is 2.91 bits per heavy atom. The summed E-state index contributed by atoms with van der Waals surface area (Å²) in [5, 5.41) is 3.86. The quantitative estimate of drug-likeness (QED) is 0.803. The van der Waals surface area contributed by atoms with Crippen LogP contribution in [0.15, 0.2) is 47.0 Å². The zero-order valence-corrected chi connectivity index (χ0v) is 12.4. The van der Waals surface area contributed by atoms with E-state index in [4.69, 9.17) is 9.15 Å². The second-order valence-electron chi connectivity index (χ2n) is 4.96. The average molecular weight is 296 g/mol. The zero-order chi connectivity index (χ0) is 15.5. The Balaban J connectivity index is 1.76. The third kappa shape index (κ3) is 2.79. The van der Waals surface area contributed by atoms with E-state index in [0.717, 1.165) is 16.7 Å². The van der Waals surface area contributed by atoms with Gasteiger partial charge in [0.2, 0.25) is 0 Å². The number of aromatic nitrogens is 1. The fourth-order valence-electron chi connectivity index (χ4n) is 2.27. The summed E-state index contributed by atoms with van der Waals surface area (Å²) in [7, 11) is 1.52. The third-order valence-corrected chi connectivity index (χ3v) is 3.37. The summed E-state index contributed by atoms with van der Waals surface area (Å²) in [6, 6.07) is 11.4. The van der Waals surface area contributed by atoms with E-state index in [9.17, 15) is 4.79 Å². The number of ether oxygens (including phenoxy) is 1. The van der Waals surface area contributed by atoms with Crippen molar-refractivity contribution >= 4 is 16.9 Å². The lowest BCUT2D eigenvalue weighted by atomic mass is 10.2. The van der Waals surface area contributed by atoms with Gasteiger partial charge in [-0.1, -0.05) is 18.2 Å². The Labute approximate surface area is 127 Å². The maximum Gasteiger partial charge on any atom is 0.255 e. The molecule has 0 radical (unpaired) electrons. The molecule has 22 heavy (non-hydrogen) atoms. The first-order valence-electron chi connectivity index (χ1n) is 6.93. The Hall–Kier alpha value is -2.82. The molecule has 3 aromatic rings. The van der Waals surface area contributed by atoms with E-state index in [1.54, 1.807) is 12.3 Å². The van der Waals surface area contributed by atoms with E-state index in [0.29, 0.717) is 23.6 Å². The van der Waals surface area contributed by atoms with Crippen molar-refractivity contribution in [1.29, 1.82) is 0 Å². The van der Waals surface area contributed by atoms with Gasteiger partial charge in [-0.05, 0) is 25.1 Å². The van der Waals surface area contributed by atoms with Crippen LogP contribution in [0.4, 0.5) is 0 Å². The molecule has 5 heteroatoms. The molecule has 2 aromatic heterocycles. The van der Waals surface area contributed by atoms with E-state index in [1.807, 2.05) is 37.3 Å². The number of furan rings is 1. The Morgan fingerprint density at radius 2 is 2.14 bits per heavy atom. The molecule has 0 bridgehead atoms. The van der Waals surface area contributed by atoms with Crippen LogP contribution in [0.1, 0.15) is 21.8 Å². The number of methoxy groups -OCH3 is 1. The van der Waals surface area contributed by atoms with Crippen molar-refractivity contribution in [2.75, 3.05) is 7.11 Å². The van der Waals surface area contributed by atoms with Crippen LogP contribution in [0, 0.1) is 6.92 Å². The number of aryl methyl sites for hydroxylation is 1. The van der Waals surface area contributed by atoms with Gasteiger partial charge in [0.15, 0.2) is 0 Å². The number of para-hydroxylation sites is 1.